The zero-order chi connectivity index (χ0) is 14.3. The fraction of sp³-hybridized carbons (Fsp3) is 0.267. The minimum atomic E-state index is -0.126. The SMILES string of the molecule is CN(C(=O)c1cc(N)cn1C1CC1)c1cccc(O)c1. The zero-order valence-corrected chi connectivity index (χ0v) is 11.3. The fourth-order valence-corrected chi connectivity index (χ4v) is 2.32. The maximum atomic E-state index is 12.6. The maximum absolute atomic E-state index is 12.6. The number of nitrogen functional groups attached to an aromatic ring is 1. The fourth-order valence-electron chi connectivity index (χ4n) is 2.32. The molecule has 1 aromatic carbocycles. The van der Waals surface area contributed by atoms with E-state index in [1.54, 1.807) is 37.4 Å². The van der Waals surface area contributed by atoms with E-state index in [0.717, 1.165) is 12.8 Å². The third kappa shape index (κ3) is 2.22. The molecule has 0 aliphatic heterocycles. The summed E-state index contributed by atoms with van der Waals surface area (Å²) in [6.07, 6.45) is 4.00. The normalized spacial score (nSPS) is 14.2. The molecule has 1 heterocycles. The summed E-state index contributed by atoms with van der Waals surface area (Å²) in [5, 5.41) is 9.51. The Morgan fingerprint density at radius 1 is 1.40 bits per heavy atom. The number of phenolic OH excluding ortho intramolecular Hbond substituents is 1. The van der Waals surface area contributed by atoms with Crippen LogP contribution in [0.1, 0.15) is 29.4 Å². The number of aromatic hydroxyl groups is 1. The van der Waals surface area contributed by atoms with E-state index in [1.807, 2.05) is 10.8 Å². The molecule has 1 saturated carbocycles. The Hall–Kier alpha value is -2.43. The second-order valence-electron chi connectivity index (χ2n) is 5.18. The second-order valence-corrected chi connectivity index (χ2v) is 5.18. The number of hydrogen-bond donors (Lipinski definition) is 2. The topological polar surface area (TPSA) is 71.5 Å². The van der Waals surface area contributed by atoms with E-state index in [0.29, 0.717) is 23.1 Å². The third-order valence-corrected chi connectivity index (χ3v) is 3.55. The van der Waals surface area contributed by atoms with Crippen LogP contribution in [0.3, 0.4) is 0 Å². The summed E-state index contributed by atoms with van der Waals surface area (Å²) in [6, 6.07) is 8.73. The average molecular weight is 271 g/mol. The van der Waals surface area contributed by atoms with Gasteiger partial charge in [0.15, 0.2) is 0 Å². The lowest BCUT2D eigenvalue weighted by Gasteiger charge is -2.18. The quantitative estimate of drug-likeness (QED) is 0.900. The van der Waals surface area contributed by atoms with Crippen LogP contribution >= 0.6 is 0 Å². The first kappa shape index (κ1) is 12.6. The third-order valence-electron chi connectivity index (χ3n) is 3.55. The molecule has 1 aliphatic carbocycles. The Bertz CT molecular complexity index is 659. The van der Waals surface area contributed by atoms with E-state index in [-0.39, 0.29) is 11.7 Å². The number of nitrogens with two attached hydrogens (primary N) is 1. The Morgan fingerprint density at radius 3 is 2.80 bits per heavy atom. The van der Waals surface area contributed by atoms with Crippen molar-refractivity contribution in [2.75, 3.05) is 17.7 Å². The van der Waals surface area contributed by atoms with Crippen LogP contribution in [0.4, 0.5) is 11.4 Å². The first-order chi connectivity index (χ1) is 9.56. The van der Waals surface area contributed by atoms with E-state index in [9.17, 15) is 9.90 Å². The largest absolute Gasteiger partial charge is 0.508 e. The first-order valence-corrected chi connectivity index (χ1v) is 6.60. The van der Waals surface area contributed by atoms with Crippen LogP contribution in [0.2, 0.25) is 0 Å². The molecule has 3 N–H and O–H groups in total. The molecule has 0 saturated heterocycles. The molecular weight excluding hydrogens is 254 g/mol. The monoisotopic (exact) mass is 271 g/mol. The second kappa shape index (κ2) is 4.59. The van der Waals surface area contributed by atoms with Crippen LogP contribution in [-0.2, 0) is 0 Å². The van der Waals surface area contributed by atoms with Gasteiger partial charge in [-0.25, -0.2) is 0 Å². The van der Waals surface area contributed by atoms with Crippen molar-refractivity contribution in [1.29, 1.82) is 0 Å². The van der Waals surface area contributed by atoms with Crippen molar-refractivity contribution in [1.82, 2.24) is 4.57 Å². The highest BCUT2D eigenvalue weighted by molar-refractivity contribution is 6.05. The molecular formula is C15H17N3O2. The van der Waals surface area contributed by atoms with Gasteiger partial charge in [-0.3, -0.25) is 4.79 Å². The lowest BCUT2D eigenvalue weighted by molar-refractivity contribution is 0.0984. The highest BCUT2D eigenvalue weighted by Crippen LogP contribution is 2.37. The van der Waals surface area contributed by atoms with Crippen molar-refractivity contribution in [2.45, 2.75) is 18.9 Å². The van der Waals surface area contributed by atoms with Crippen molar-refractivity contribution >= 4 is 17.3 Å². The minimum Gasteiger partial charge on any atom is -0.508 e. The van der Waals surface area contributed by atoms with Crippen LogP contribution in [0, 0.1) is 0 Å². The molecule has 3 rings (SSSR count). The van der Waals surface area contributed by atoms with Gasteiger partial charge in [0.1, 0.15) is 11.4 Å². The molecule has 1 fully saturated rings. The summed E-state index contributed by atoms with van der Waals surface area (Å²) >= 11 is 0. The number of carbonyl (C=O) groups excluding carboxylic acids is 1. The number of phenols is 1. The molecule has 0 spiro atoms. The molecule has 5 nitrogen and oxygen atoms in total. The molecule has 20 heavy (non-hydrogen) atoms. The molecule has 2 aromatic rings. The summed E-state index contributed by atoms with van der Waals surface area (Å²) < 4.78 is 1.96. The van der Waals surface area contributed by atoms with Crippen LogP contribution in [0.5, 0.6) is 5.75 Å². The standard InChI is InChI=1S/C15H17N3O2/c1-17(12-3-2-4-13(19)8-12)15(20)14-7-10(16)9-18(14)11-5-6-11/h2-4,7-9,11,19H,5-6,16H2,1H3. The van der Waals surface area contributed by atoms with Crippen molar-refractivity contribution in [2.24, 2.45) is 0 Å². The maximum Gasteiger partial charge on any atom is 0.274 e. The van der Waals surface area contributed by atoms with E-state index >= 15 is 0 Å². The van der Waals surface area contributed by atoms with E-state index in [4.69, 9.17) is 5.73 Å². The molecule has 1 aromatic heterocycles. The molecule has 1 amide bonds. The number of benzene rings is 1. The van der Waals surface area contributed by atoms with Gasteiger partial charge in [-0.2, -0.15) is 0 Å². The van der Waals surface area contributed by atoms with Crippen molar-refractivity contribution in [3.05, 3.63) is 42.2 Å². The molecule has 5 heteroatoms. The minimum absolute atomic E-state index is 0.126. The number of aromatic nitrogens is 1. The van der Waals surface area contributed by atoms with Crippen LogP contribution in [-0.4, -0.2) is 22.6 Å². The molecule has 0 atom stereocenters. The van der Waals surface area contributed by atoms with Crippen molar-refractivity contribution < 1.29 is 9.90 Å². The number of rotatable bonds is 3. The van der Waals surface area contributed by atoms with Gasteiger partial charge < -0.3 is 20.3 Å². The Morgan fingerprint density at radius 2 is 2.15 bits per heavy atom. The van der Waals surface area contributed by atoms with Gasteiger partial charge in [-0.15, -0.1) is 0 Å². The van der Waals surface area contributed by atoms with Gasteiger partial charge in [-0.1, -0.05) is 6.07 Å². The van der Waals surface area contributed by atoms with E-state index in [2.05, 4.69) is 0 Å². The predicted octanol–water partition coefficient (Wildman–Crippen LogP) is 2.39. The van der Waals surface area contributed by atoms with Gasteiger partial charge in [0.25, 0.3) is 5.91 Å². The smallest absolute Gasteiger partial charge is 0.274 e. The summed E-state index contributed by atoms with van der Waals surface area (Å²) in [5.41, 5.74) is 7.66. The lowest BCUT2D eigenvalue weighted by Crippen LogP contribution is -2.28. The van der Waals surface area contributed by atoms with Crippen molar-refractivity contribution in [3.8, 4) is 5.75 Å². The van der Waals surface area contributed by atoms with Crippen molar-refractivity contribution in [3.63, 3.8) is 0 Å². The predicted molar refractivity (Wildman–Crippen MR) is 78.0 cm³/mol. The Balaban J connectivity index is 1.92. The van der Waals surface area contributed by atoms with Crippen LogP contribution in [0.15, 0.2) is 36.5 Å². The van der Waals surface area contributed by atoms with Gasteiger partial charge in [0.2, 0.25) is 0 Å². The molecule has 0 unspecified atom stereocenters. The highest BCUT2D eigenvalue weighted by Gasteiger charge is 2.29. The zero-order valence-electron chi connectivity index (χ0n) is 11.3. The number of hydrogen-bond acceptors (Lipinski definition) is 3. The molecule has 1 aliphatic rings. The van der Waals surface area contributed by atoms with Gasteiger partial charge in [-0.05, 0) is 31.0 Å². The van der Waals surface area contributed by atoms with Gasteiger partial charge >= 0.3 is 0 Å². The Labute approximate surface area is 117 Å². The van der Waals surface area contributed by atoms with E-state index < -0.39 is 0 Å². The van der Waals surface area contributed by atoms with Gasteiger partial charge in [0, 0.05) is 31.0 Å². The number of amides is 1. The number of anilines is 2. The molecule has 0 bridgehead atoms. The summed E-state index contributed by atoms with van der Waals surface area (Å²) in [7, 11) is 1.69. The highest BCUT2D eigenvalue weighted by atomic mass is 16.3. The average Bonchev–Trinajstić information content (AvgIpc) is 3.20. The molecule has 104 valence electrons. The van der Waals surface area contributed by atoms with E-state index in [1.165, 1.54) is 4.90 Å². The van der Waals surface area contributed by atoms with Gasteiger partial charge in [0.05, 0.1) is 5.69 Å². The Kier molecular flexibility index (Phi) is 2.89. The molecule has 0 radical (unpaired) electrons. The summed E-state index contributed by atoms with van der Waals surface area (Å²) in [6.45, 7) is 0. The number of nitrogens with zero attached hydrogens (tertiary/aromatic N) is 2. The van der Waals surface area contributed by atoms with Crippen LogP contribution in [0.25, 0.3) is 0 Å². The first-order valence-electron chi connectivity index (χ1n) is 6.60. The lowest BCUT2D eigenvalue weighted by atomic mass is 10.2. The summed E-state index contributed by atoms with van der Waals surface area (Å²) in [5.74, 6) is 0.0124. The number of carbonyl (C=O) groups is 1. The van der Waals surface area contributed by atoms with Crippen LogP contribution < -0.4 is 10.6 Å². The summed E-state index contributed by atoms with van der Waals surface area (Å²) in [4.78, 5) is 14.1.